The molecular formula is C16H17ClN2O3S. The van der Waals surface area contributed by atoms with E-state index in [0.29, 0.717) is 25.4 Å². The normalized spacial score (nSPS) is 17.7. The van der Waals surface area contributed by atoms with Crippen LogP contribution in [0.1, 0.15) is 11.1 Å². The number of sulfonamides is 1. The Balaban J connectivity index is 1.81. The average molecular weight is 353 g/mol. The van der Waals surface area contributed by atoms with Crippen molar-refractivity contribution in [3.05, 3.63) is 58.6 Å². The zero-order valence-corrected chi connectivity index (χ0v) is 14.0. The van der Waals surface area contributed by atoms with Crippen molar-refractivity contribution in [3.8, 4) is 5.75 Å². The van der Waals surface area contributed by atoms with Crippen molar-refractivity contribution in [2.75, 3.05) is 13.2 Å². The number of rotatable bonds is 3. The van der Waals surface area contributed by atoms with Gasteiger partial charge >= 0.3 is 0 Å². The number of benzene rings is 2. The van der Waals surface area contributed by atoms with Crippen LogP contribution in [0.15, 0.2) is 47.4 Å². The third-order valence-electron chi connectivity index (χ3n) is 3.78. The molecule has 23 heavy (non-hydrogen) atoms. The second-order valence-electron chi connectivity index (χ2n) is 5.47. The monoisotopic (exact) mass is 352 g/mol. The molecule has 122 valence electrons. The highest BCUT2D eigenvalue weighted by Gasteiger charge is 2.21. The van der Waals surface area contributed by atoms with Gasteiger partial charge in [0, 0.05) is 36.3 Å². The molecule has 2 aromatic carbocycles. The minimum absolute atomic E-state index is 0.0656. The summed E-state index contributed by atoms with van der Waals surface area (Å²) in [7, 11) is -3.73. The van der Waals surface area contributed by atoms with Gasteiger partial charge in [-0.15, -0.1) is 5.14 Å². The van der Waals surface area contributed by atoms with E-state index in [1.165, 1.54) is 12.1 Å². The summed E-state index contributed by atoms with van der Waals surface area (Å²) in [5.41, 5.74) is 1.99. The van der Waals surface area contributed by atoms with Crippen molar-refractivity contribution >= 4 is 22.0 Å². The largest absolute Gasteiger partial charge is 0.593 e. The predicted molar refractivity (Wildman–Crippen MR) is 88.8 cm³/mol. The molecule has 2 aromatic rings. The Morgan fingerprint density at radius 1 is 1.30 bits per heavy atom. The van der Waals surface area contributed by atoms with Crippen molar-refractivity contribution in [2.24, 2.45) is 5.14 Å². The molecule has 0 aromatic heterocycles. The standard InChI is InChI=1S/C16H17ClN2O3S/c17-15-4-2-1-3-12(15)10-19-7-8-22-16-9-14(23(18,20)21)6-5-13(16)11-19/h1-6,9H,7-8,10-11H2,(H2-,18,20,21). The molecule has 0 aliphatic carbocycles. The smallest absolute Gasteiger partial charge is 0.178 e. The third kappa shape index (κ3) is 3.91. The molecule has 1 atom stereocenters. The molecule has 0 radical (unpaired) electrons. The van der Waals surface area contributed by atoms with Gasteiger partial charge in [0.15, 0.2) is 15.3 Å². The van der Waals surface area contributed by atoms with Gasteiger partial charge < -0.3 is 9.29 Å². The van der Waals surface area contributed by atoms with E-state index in [1.54, 1.807) is 6.07 Å². The van der Waals surface area contributed by atoms with Crippen LogP contribution >= 0.6 is 11.6 Å². The van der Waals surface area contributed by atoms with Crippen LogP contribution in [-0.4, -0.2) is 22.6 Å². The maximum Gasteiger partial charge on any atom is 0.178 e. The SMILES string of the molecule is N[S+](=O)([O-])c1ccc2c(c1)OCCN(Cc1ccccc1Cl)C2. The number of halogens is 1. The van der Waals surface area contributed by atoms with Crippen molar-refractivity contribution in [2.45, 2.75) is 18.0 Å². The van der Waals surface area contributed by atoms with E-state index in [1.807, 2.05) is 24.3 Å². The Bertz CT molecular complexity index is 763. The highest BCUT2D eigenvalue weighted by atomic mass is 35.5. The highest BCUT2D eigenvalue weighted by molar-refractivity contribution is 7.95. The molecule has 7 heteroatoms. The van der Waals surface area contributed by atoms with Crippen LogP contribution < -0.4 is 9.88 Å². The molecular weight excluding hydrogens is 336 g/mol. The fourth-order valence-corrected chi connectivity index (χ4v) is 3.31. The van der Waals surface area contributed by atoms with Crippen molar-refractivity contribution in [1.82, 2.24) is 4.90 Å². The molecule has 1 unspecified atom stereocenters. The summed E-state index contributed by atoms with van der Waals surface area (Å²) in [5, 5.41) is 5.91. The van der Waals surface area contributed by atoms with Crippen molar-refractivity contribution < 1.29 is 13.5 Å². The fourth-order valence-electron chi connectivity index (χ4n) is 2.58. The van der Waals surface area contributed by atoms with Gasteiger partial charge in [-0.2, -0.15) is 0 Å². The third-order valence-corrected chi connectivity index (χ3v) is 5.06. The Morgan fingerprint density at radius 3 is 2.83 bits per heavy atom. The van der Waals surface area contributed by atoms with Gasteiger partial charge in [-0.25, -0.2) is 0 Å². The first kappa shape index (κ1) is 16.4. The number of hydrogen-bond acceptors (Lipinski definition) is 4. The lowest BCUT2D eigenvalue weighted by Crippen LogP contribution is -2.25. The Morgan fingerprint density at radius 2 is 2.09 bits per heavy atom. The van der Waals surface area contributed by atoms with E-state index in [0.717, 1.165) is 22.7 Å². The summed E-state index contributed by atoms with van der Waals surface area (Å²) in [5.74, 6) is 0.568. The zero-order chi connectivity index (χ0) is 16.4. The molecule has 1 aliphatic rings. The summed E-state index contributed by atoms with van der Waals surface area (Å²) in [4.78, 5) is 2.28. The summed E-state index contributed by atoms with van der Waals surface area (Å²) in [6.07, 6.45) is 0. The first-order valence-corrected chi connectivity index (χ1v) is 9.10. The van der Waals surface area contributed by atoms with Gasteiger partial charge in [-0.1, -0.05) is 34.0 Å². The Kier molecular flexibility index (Phi) is 4.70. The fraction of sp³-hybridized carbons (Fsp3) is 0.250. The molecule has 5 nitrogen and oxygen atoms in total. The molecule has 0 saturated heterocycles. The van der Waals surface area contributed by atoms with Gasteiger partial charge in [0.2, 0.25) is 0 Å². The van der Waals surface area contributed by atoms with Crippen LogP contribution in [0.4, 0.5) is 0 Å². The number of fused-ring (bicyclic) bond motifs is 1. The summed E-state index contributed by atoms with van der Waals surface area (Å²) >= 11 is 6.22. The molecule has 0 saturated carbocycles. The second kappa shape index (κ2) is 6.59. The van der Waals surface area contributed by atoms with Gasteiger partial charge in [-0.05, 0) is 23.8 Å². The van der Waals surface area contributed by atoms with Crippen molar-refractivity contribution in [1.29, 1.82) is 0 Å². The van der Waals surface area contributed by atoms with Crippen LogP contribution in [0, 0.1) is 0 Å². The first-order chi connectivity index (χ1) is 10.9. The average Bonchev–Trinajstić information content (AvgIpc) is 2.69. The molecule has 3 rings (SSSR count). The minimum atomic E-state index is -3.73. The number of hydrogen-bond donors (Lipinski definition) is 1. The number of nitrogens with two attached hydrogens (primary N) is 1. The Labute approximate surface area is 141 Å². The predicted octanol–water partition coefficient (Wildman–Crippen LogP) is 2.60. The maximum absolute atomic E-state index is 11.4. The van der Waals surface area contributed by atoms with Gasteiger partial charge in [0.1, 0.15) is 12.4 Å². The summed E-state index contributed by atoms with van der Waals surface area (Å²) < 4.78 is 28.6. The van der Waals surface area contributed by atoms with Gasteiger partial charge in [0.25, 0.3) is 0 Å². The molecule has 0 bridgehead atoms. The van der Waals surface area contributed by atoms with E-state index in [-0.39, 0.29) is 4.90 Å². The van der Waals surface area contributed by atoms with E-state index in [2.05, 4.69) is 4.90 Å². The lowest BCUT2D eigenvalue weighted by atomic mass is 10.1. The van der Waals surface area contributed by atoms with E-state index >= 15 is 0 Å². The molecule has 1 aliphatic heterocycles. The number of nitrogens with zero attached hydrogens (tertiary/aromatic N) is 1. The first-order valence-electron chi connectivity index (χ1n) is 7.18. The molecule has 0 amide bonds. The number of primary sulfonamides is 1. The maximum atomic E-state index is 11.4. The number of ether oxygens (including phenoxy) is 1. The van der Waals surface area contributed by atoms with Crippen molar-refractivity contribution in [3.63, 3.8) is 0 Å². The lowest BCUT2D eigenvalue weighted by molar-refractivity contribution is 0.219. The quantitative estimate of drug-likeness (QED) is 0.861. The molecule has 2 N–H and O–H groups in total. The lowest BCUT2D eigenvalue weighted by Gasteiger charge is -2.20. The molecule has 1 heterocycles. The van der Waals surface area contributed by atoms with E-state index in [4.69, 9.17) is 21.5 Å². The highest BCUT2D eigenvalue weighted by Crippen LogP contribution is 2.28. The summed E-state index contributed by atoms with van der Waals surface area (Å²) in [6.45, 7) is 2.57. The van der Waals surface area contributed by atoms with E-state index in [9.17, 15) is 8.76 Å². The summed E-state index contributed by atoms with van der Waals surface area (Å²) in [6, 6.07) is 12.5. The van der Waals surface area contributed by atoms with Crippen LogP contribution in [-0.2, 0) is 27.7 Å². The second-order valence-corrected chi connectivity index (χ2v) is 7.43. The Hall–Kier alpha value is -1.44. The zero-order valence-electron chi connectivity index (χ0n) is 12.4. The van der Waals surface area contributed by atoms with Crippen LogP contribution in [0.2, 0.25) is 5.02 Å². The topological polar surface area (TPSA) is 78.6 Å². The van der Waals surface area contributed by atoms with Crippen LogP contribution in [0.3, 0.4) is 0 Å². The van der Waals surface area contributed by atoms with Crippen LogP contribution in [0.25, 0.3) is 0 Å². The van der Waals surface area contributed by atoms with Gasteiger partial charge in [0.05, 0.1) is 0 Å². The molecule has 0 fully saturated rings. The minimum Gasteiger partial charge on any atom is -0.593 e. The van der Waals surface area contributed by atoms with E-state index < -0.39 is 10.4 Å². The van der Waals surface area contributed by atoms with Gasteiger partial charge in [-0.3, -0.25) is 4.90 Å². The molecule has 0 spiro atoms. The van der Waals surface area contributed by atoms with Crippen LogP contribution in [0.5, 0.6) is 5.75 Å².